The van der Waals surface area contributed by atoms with E-state index >= 15 is 0 Å². The summed E-state index contributed by atoms with van der Waals surface area (Å²) in [7, 11) is 0. The van der Waals surface area contributed by atoms with Gasteiger partial charge < -0.3 is 0 Å². The highest BCUT2D eigenvalue weighted by Crippen LogP contribution is 2.21. The second kappa shape index (κ2) is 5.28. The lowest BCUT2D eigenvalue weighted by molar-refractivity contribution is 0.836. The van der Waals surface area contributed by atoms with E-state index in [1.54, 1.807) is 0 Å². The van der Waals surface area contributed by atoms with Gasteiger partial charge in [0.2, 0.25) is 0 Å². The number of hydrogen-bond donors (Lipinski definition) is 0. The average Bonchev–Trinajstić information content (AvgIpc) is 2.28. The van der Waals surface area contributed by atoms with Crippen LogP contribution in [0.5, 0.6) is 0 Å². The monoisotopic (exact) mass is 246 g/mol. The minimum absolute atomic E-state index is 0.514. The van der Waals surface area contributed by atoms with Gasteiger partial charge in [0, 0.05) is 18.1 Å². The van der Waals surface area contributed by atoms with Gasteiger partial charge in [-0.1, -0.05) is 42.3 Å². The Bertz CT molecular complexity index is 523. The molecule has 0 amide bonds. The Kier molecular flexibility index (Phi) is 3.75. The van der Waals surface area contributed by atoms with Crippen molar-refractivity contribution in [2.75, 3.05) is 0 Å². The molecule has 0 aliphatic rings. The van der Waals surface area contributed by atoms with Crippen LogP contribution in [0.25, 0.3) is 11.3 Å². The lowest BCUT2D eigenvalue weighted by Gasteiger charge is -2.05. The average molecular weight is 247 g/mol. The first-order valence-electron chi connectivity index (χ1n) is 5.79. The van der Waals surface area contributed by atoms with Crippen LogP contribution in [0.15, 0.2) is 30.3 Å². The smallest absolute Gasteiger partial charge is 0.133 e. The van der Waals surface area contributed by atoms with Gasteiger partial charge in [-0.2, -0.15) is 0 Å². The predicted molar refractivity (Wildman–Crippen MR) is 71.2 cm³/mol. The van der Waals surface area contributed by atoms with Gasteiger partial charge in [0.05, 0.1) is 5.69 Å². The zero-order chi connectivity index (χ0) is 12.3. The maximum Gasteiger partial charge on any atom is 0.133 e. The number of halogens is 1. The normalized spacial score (nSPS) is 10.5. The molecule has 0 aliphatic heterocycles. The number of hydrogen-bond acceptors (Lipinski definition) is 2. The summed E-state index contributed by atoms with van der Waals surface area (Å²) in [4.78, 5) is 8.76. The summed E-state index contributed by atoms with van der Waals surface area (Å²) in [5, 5.41) is 0.514. The van der Waals surface area contributed by atoms with Gasteiger partial charge in [0.25, 0.3) is 0 Å². The van der Waals surface area contributed by atoms with Crippen molar-refractivity contribution >= 4 is 11.6 Å². The molecule has 0 unspecified atom stereocenters. The Hall–Kier alpha value is -1.41. The summed E-state index contributed by atoms with van der Waals surface area (Å²) in [6, 6.07) is 10.1. The largest absolute Gasteiger partial charge is 0.233 e. The van der Waals surface area contributed by atoms with Crippen molar-refractivity contribution in [2.24, 2.45) is 0 Å². The fourth-order valence-electron chi connectivity index (χ4n) is 1.75. The van der Waals surface area contributed by atoms with Crippen LogP contribution in [0.1, 0.15) is 24.7 Å². The van der Waals surface area contributed by atoms with Gasteiger partial charge in [-0.15, -0.1) is 0 Å². The van der Waals surface area contributed by atoms with E-state index in [1.807, 2.05) is 18.2 Å². The SMILES string of the molecule is CCCc1nc(Cl)cc(-c2cccc(C)c2)n1. The Balaban J connectivity index is 2.44. The molecule has 0 N–H and O–H groups in total. The summed E-state index contributed by atoms with van der Waals surface area (Å²) >= 11 is 6.02. The van der Waals surface area contributed by atoms with E-state index in [0.29, 0.717) is 5.15 Å². The minimum Gasteiger partial charge on any atom is -0.233 e. The number of aryl methyl sites for hydroxylation is 2. The van der Waals surface area contributed by atoms with Crippen LogP contribution in [0.2, 0.25) is 5.15 Å². The molecule has 2 aromatic rings. The Morgan fingerprint density at radius 1 is 1.18 bits per heavy atom. The molecule has 1 heterocycles. The minimum atomic E-state index is 0.514. The van der Waals surface area contributed by atoms with Crippen LogP contribution in [0.4, 0.5) is 0 Å². The molecule has 2 nitrogen and oxygen atoms in total. The number of aromatic nitrogens is 2. The van der Waals surface area contributed by atoms with Crippen LogP contribution in [0, 0.1) is 6.92 Å². The molecule has 1 aromatic carbocycles. The molecule has 88 valence electrons. The van der Waals surface area contributed by atoms with Gasteiger partial charge >= 0.3 is 0 Å². The van der Waals surface area contributed by atoms with E-state index in [9.17, 15) is 0 Å². The third-order valence-corrected chi connectivity index (χ3v) is 2.72. The van der Waals surface area contributed by atoms with E-state index in [-0.39, 0.29) is 0 Å². The summed E-state index contributed by atoms with van der Waals surface area (Å²) in [6.07, 6.45) is 1.88. The molecule has 17 heavy (non-hydrogen) atoms. The summed E-state index contributed by atoms with van der Waals surface area (Å²) in [5.74, 6) is 0.816. The molecule has 1 aromatic heterocycles. The number of benzene rings is 1. The van der Waals surface area contributed by atoms with Crippen LogP contribution < -0.4 is 0 Å². The van der Waals surface area contributed by atoms with Gasteiger partial charge in [-0.05, 0) is 19.4 Å². The van der Waals surface area contributed by atoms with E-state index in [4.69, 9.17) is 11.6 Å². The first-order chi connectivity index (χ1) is 8.19. The molecule has 0 fully saturated rings. The fraction of sp³-hybridized carbons (Fsp3) is 0.286. The molecular formula is C14H15ClN2. The number of nitrogens with zero attached hydrogens (tertiary/aromatic N) is 2. The molecule has 0 bridgehead atoms. The second-order valence-electron chi connectivity index (χ2n) is 4.11. The quantitative estimate of drug-likeness (QED) is 0.764. The van der Waals surface area contributed by atoms with E-state index in [1.165, 1.54) is 5.56 Å². The molecule has 3 heteroatoms. The van der Waals surface area contributed by atoms with Crippen LogP contribution in [-0.4, -0.2) is 9.97 Å². The van der Waals surface area contributed by atoms with Crippen LogP contribution >= 0.6 is 11.6 Å². The molecule has 0 aliphatic carbocycles. The zero-order valence-electron chi connectivity index (χ0n) is 10.1. The van der Waals surface area contributed by atoms with Gasteiger partial charge in [0.15, 0.2) is 0 Å². The van der Waals surface area contributed by atoms with Crippen molar-refractivity contribution in [1.82, 2.24) is 9.97 Å². The zero-order valence-corrected chi connectivity index (χ0v) is 10.8. The molecular weight excluding hydrogens is 232 g/mol. The summed E-state index contributed by atoms with van der Waals surface area (Å²) in [6.45, 7) is 4.18. The fourth-order valence-corrected chi connectivity index (χ4v) is 1.95. The van der Waals surface area contributed by atoms with E-state index in [0.717, 1.165) is 29.9 Å². The maximum absolute atomic E-state index is 6.02. The van der Waals surface area contributed by atoms with Crippen molar-refractivity contribution in [3.8, 4) is 11.3 Å². The molecule has 0 atom stereocenters. The highest BCUT2D eigenvalue weighted by molar-refractivity contribution is 6.29. The highest BCUT2D eigenvalue weighted by atomic mass is 35.5. The van der Waals surface area contributed by atoms with Crippen molar-refractivity contribution in [2.45, 2.75) is 26.7 Å². The highest BCUT2D eigenvalue weighted by Gasteiger charge is 2.05. The molecule has 2 rings (SSSR count). The third-order valence-electron chi connectivity index (χ3n) is 2.53. The summed E-state index contributed by atoms with van der Waals surface area (Å²) in [5.41, 5.74) is 3.21. The van der Waals surface area contributed by atoms with Crippen molar-refractivity contribution < 1.29 is 0 Å². The van der Waals surface area contributed by atoms with Crippen LogP contribution in [-0.2, 0) is 6.42 Å². The summed E-state index contributed by atoms with van der Waals surface area (Å²) < 4.78 is 0. The van der Waals surface area contributed by atoms with Crippen molar-refractivity contribution in [3.05, 3.63) is 46.9 Å². The Morgan fingerprint density at radius 2 is 2.00 bits per heavy atom. The van der Waals surface area contributed by atoms with Crippen molar-refractivity contribution in [1.29, 1.82) is 0 Å². The predicted octanol–water partition coefficient (Wildman–Crippen LogP) is 4.06. The molecule has 0 saturated carbocycles. The lowest BCUT2D eigenvalue weighted by atomic mass is 10.1. The first kappa shape index (κ1) is 12.1. The first-order valence-corrected chi connectivity index (χ1v) is 6.17. The third kappa shape index (κ3) is 3.04. The van der Waals surface area contributed by atoms with Gasteiger partial charge in [-0.3, -0.25) is 0 Å². The number of rotatable bonds is 3. The standard InChI is InChI=1S/C14H15ClN2/c1-3-5-14-16-12(9-13(15)17-14)11-7-4-6-10(2)8-11/h4,6-9H,3,5H2,1-2H3. The molecule has 0 saturated heterocycles. The topological polar surface area (TPSA) is 25.8 Å². The maximum atomic E-state index is 6.02. The van der Waals surface area contributed by atoms with Gasteiger partial charge in [0.1, 0.15) is 11.0 Å². The Morgan fingerprint density at radius 3 is 2.71 bits per heavy atom. The second-order valence-corrected chi connectivity index (χ2v) is 4.50. The van der Waals surface area contributed by atoms with Crippen molar-refractivity contribution in [3.63, 3.8) is 0 Å². The molecule has 0 spiro atoms. The van der Waals surface area contributed by atoms with Gasteiger partial charge in [-0.25, -0.2) is 9.97 Å². The van der Waals surface area contributed by atoms with Crippen LogP contribution in [0.3, 0.4) is 0 Å². The lowest BCUT2D eigenvalue weighted by Crippen LogP contribution is -1.97. The van der Waals surface area contributed by atoms with E-state index in [2.05, 4.69) is 35.9 Å². The Labute approximate surface area is 107 Å². The van der Waals surface area contributed by atoms with E-state index < -0.39 is 0 Å². The molecule has 0 radical (unpaired) electrons.